The third kappa shape index (κ3) is 2.47. The van der Waals surface area contributed by atoms with E-state index in [-0.39, 0.29) is 0 Å². The molecule has 15 heavy (non-hydrogen) atoms. The SMILES string of the molecule is CNc1ccc(Oc2nc(C)cs2)cc1. The number of thiazole rings is 1. The van der Waals surface area contributed by atoms with Gasteiger partial charge in [0.05, 0.1) is 5.69 Å². The van der Waals surface area contributed by atoms with Gasteiger partial charge >= 0.3 is 0 Å². The first kappa shape index (κ1) is 9.98. The zero-order valence-electron chi connectivity index (χ0n) is 8.65. The molecule has 0 saturated carbocycles. The second-order valence-electron chi connectivity index (χ2n) is 3.13. The predicted octanol–water partition coefficient (Wildman–Crippen LogP) is 3.29. The minimum absolute atomic E-state index is 0.685. The highest BCUT2D eigenvalue weighted by Gasteiger charge is 2.01. The van der Waals surface area contributed by atoms with Crippen molar-refractivity contribution >= 4 is 17.0 Å². The molecule has 0 aliphatic rings. The number of benzene rings is 1. The standard InChI is InChI=1S/C11H12N2OS/c1-8-7-15-11(13-8)14-10-5-3-9(12-2)4-6-10/h3-7,12H,1-2H3. The van der Waals surface area contributed by atoms with Gasteiger partial charge in [0, 0.05) is 18.1 Å². The van der Waals surface area contributed by atoms with E-state index in [1.807, 2.05) is 43.6 Å². The van der Waals surface area contributed by atoms with Crippen molar-refractivity contribution in [1.29, 1.82) is 0 Å². The van der Waals surface area contributed by atoms with Crippen molar-refractivity contribution in [3.63, 3.8) is 0 Å². The fourth-order valence-electron chi connectivity index (χ4n) is 1.17. The molecule has 78 valence electrons. The quantitative estimate of drug-likeness (QED) is 0.861. The third-order valence-corrected chi connectivity index (χ3v) is 2.78. The van der Waals surface area contributed by atoms with Crippen LogP contribution in [0.1, 0.15) is 5.69 Å². The van der Waals surface area contributed by atoms with E-state index >= 15 is 0 Å². The molecule has 0 amide bonds. The lowest BCUT2D eigenvalue weighted by atomic mass is 10.3. The molecular weight excluding hydrogens is 208 g/mol. The molecule has 1 aromatic carbocycles. The summed E-state index contributed by atoms with van der Waals surface area (Å²) in [5.41, 5.74) is 2.06. The largest absolute Gasteiger partial charge is 0.431 e. The van der Waals surface area contributed by atoms with Gasteiger partial charge in [-0.05, 0) is 31.2 Å². The Balaban J connectivity index is 2.11. The number of anilines is 1. The van der Waals surface area contributed by atoms with E-state index in [4.69, 9.17) is 4.74 Å². The summed E-state index contributed by atoms with van der Waals surface area (Å²) in [6.45, 7) is 1.95. The van der Waals surface area contributed by atoms with Crippen molar-refractivity contribution in [2.45, 2.75) is 6.92 Å². The van der Waals surface area contributed by atoms with E-state index in [2.05, 4.69) is 10.3 Å². The van der Waals surface area contributed by atoms with Crippen molar-refractivity contribution < 1.29 is 4.74 Å². The van der Waals surface area contributed by atoms with Gasteiger partial charge in [0.2, 0.25) is 0 Å². The molecule has 0 spiro atoms. The summed E-state index contributed by atoms with van der Waals surface area (Å²) >= 11 is 1.51. The minimum Gasteiger partial charge on any atom is -0.431 e. The van der Waals surface area contributed by atoms with Crippen LogP contribution in [0.5, 0.6) is 10.9 Å². The van der Waals surface area contributed by atoms with Crippen LogP contribution in [-0.4, -0.2) is 12.0 Å². The van der Waals surface area contributed by atoms with Crippen LogP contribution >= 0.6 is 11.3 Å². The summed E-state index contributed by atoms with van der Waals surface area (Å²) < 4.78 is 5.58. The Hall–Kier alpha value is -1.55. The maximum Gasteiger partial charge on any atom is 0.278 e. The van der Waals surface area contributed by atoms with Gasteiger partial charge in [-0.1, -0.05) is 11.3 Å². The summed E-state index contributed by atoms with van der Waals surface area (Å²) in [5, 5.41) is 5.71. The Morgan fingerprint density at radius 2 is 2.00 bits per heavy atom. The first-order valence-corrected chi connectivity index (χ1v) is 5.53. The molecule has 0 aliphatic carbocycles. The highest BCUT2D eigenvalue weighted by atomic mass is 32.1. The van der Waals surface area contributed by atoms with Crippen LogP contribution in [0.2, 0.25) is 0 Å². The molecule has 3 nitrogen and oxygen atoms in total. The fourth-order valence-corrected chi connectivity index (χ4v) is 1.83. The molecule has 0 aliphatic heterocycles. The normalized spacial score (nSPS) is 10.0. The zero-order chi connectivity index (χ0) is 10.7. The second kappa shape index (κ2) is 4.31. The van der Waals surface area contributed by atoms with Crippen LogP contribution in [0, 0.1) is 6.92 Å². The van der Waals surface area contributed by atoms with Gasteiger partial charge < -0.3 is 10.1 Å². The third-order valence-electron chi connectivity index (χ3n) is 1.95. The van der Waals surface area contributed by atoms with Crippen LogP contribution in [-0.2, 0) is 0 Å². The maximum atomic E-state index is 5.58. The number of nitrogens with zero attached hydrogens (tertiary/aromatic N) is 1. The predicted molar refractivity (Wildman–Crippen MR) is 62.9 cm³/mol. The molecule has 1 aromatic heterocycles. The summed E-state index contributed by atoms with van der Waals surface area (Å²) in [6.07, 6.45) is 0. The summed E-state index contributed by atoms with van der Waals surface area (Å²) in [7, 11) is 1.89. The lowest BCUT2D eigenvalue weighted by molar-refractivity contribution is 0.478. The van der Waals surface area contributed by atoms with Gasteiger partial charge in [0.1, 0.15) is 5.75 Å². The van der Waals surface area contributed by atoms with Crippen LogP contribution in [0.15, 0.2) is 29.6 Å². The number of aryl methyl sites for hydroxylation is 1. The van der Waals surface area contributed by atoms with E-state index < -0.39 is 0 Å². The van der Waals surface area contributed by atoms with E-state index in [9.17, 15) is 0 Å². The Labute approximate surface area is 92.7 Å². The second-order valence-corrected chi connectivity index (χ2v) is 3.95. The average Bonchev–Trinajstić information content (AvgIpc) is 2.65. The Bertz CT molecular complexity index is 436. The highest BCUT2D eigenvalue weighted by molar-refractivity contribution is 7.11. The number of ether oxygens (including phenoxy) is 1. The molecule has 0 atom stereocenters. The fraction of sp³-hybridized carbons (Fsp3) is 0.182. The molecule has 0 fully saturated rings. The zero-order valence-corrected chi connectivity index (χ0v) is 9.47. The highest BCUT2D eigenvalue weighted by Crippen LogP contribution is 2.25. The van der Waals surface area contributed by atoms with Gasteiger partial charge in [-0.15, -0.1) is 0 Å². The molecule has 1 heterocycles. The van der Waals surface area contributed by atoms with Crippen molar-refractivity contribution in [1.82, 2.24) is 4.98 Å². The number of rotatable bonds is 3. The van der Waals surface area contributed by atoms with Crippen molar-refractivity contribution in [2.24, 2.45) is 0 Å². The van der Waals surface area contributed by atoms with Gasteiger partial charge in [0.15, 0.2) is 0 Å². The number of hydrogen-bond acceptors (Lipinski definition) is 4. The van der Waals surface area contributed by atoms with Crippen molar-refractivity contribution in [2.75, 3.05) is 12.4 Å². The Morgan fingerprint density at radius 1 is 1.27 bits per heavy atom. The van der Waals surface area contributed by atoms with E-state index in [0.29, 0.717) is 5.19 Å². The summed E-state index contributed by atoms with van der Waals surface area (Å²) in [4.78, 5) is 4.23. The molecule has 1 N–H and O–H groups in total. The first-order valence-electron chi connectivity index (χ1n) is 4.66. The molecule has 0 bridgehead atoms. The van der Waals surface area contributed by atoms with E-state index in [0.717, 1.165) is 17.1 Å². The molecule has 2 rings (SSSR count). The lowest BCUT2D eigenvalue weighted by Gasteiger charge is -2.03. The topological polar surface area (TPSA) is 34.1 Å². The van der Waals surface area contributed by atoms with Crippen LogP contribution in [0.3, 0.4) is 0 Å². The van der Waals surface area contributed by atoms with Crippen LogP contribution in [0.25, 0.3) is 0 Å². The molecule has 2 aromatic rings. The van der Waals surface area contributed by atoms with Gasteiger partial charge in [-0.25, -0.2) is 4.98 Å². The molecule has 0 saturated heterocycles. The van der Waals surface area contributed by atoms with E-state index in [1.54, 1.807) is 0 Å². The van der Waals surface area contributed by atoms with Gasteiger partial charge in [-0.3, -0.25) is 0 Å². The van der Waals surface area contributed by atoms with Crippen LogP contribution in [0.4, 0.5) is 5.69 Å². The average molecular weight is 220 g/mol. The molecule has 4 heteroatoms. The van der Waals surface area contributed by atoms with Gasteiger partial charge in [-0.2, -0.15) is 0 Å². The van der Waals surface area contributed by atoms with Crippen LogP contribution < -0.4 is 10.1 Å². The Kier molecular flexibility index (Phi) is 2.87. The summed E-state index contributed by atoms with van der Waals surface area (Å²) in [6, 6.07) is 7.77. The number of aromatic nitrogens is 1. The maximum absolute atomic E-state index is 5.58. The number of hydrogen-bond donors (Lipinski definition) is 1. The smallest absolute Gasteiger partial charge is 0.278 e. The Morgan fingerprint density at radius 3 is 2.53 bits per heavy atom. The molecule has 0 radical (unpaired) electrons. The van der Waals surface area contributed by atoms with E-state index in [1.165, 1.54) is 11.3 Å². The monoisotopic (exact) mass is 220 g/mol. The summed E-state index contributed by atoms with van der Waals surface area (Å²) in [5.74, 6) is 0.809. The minimum atomic E-state index is 0.685. The first-order chi connectivity index (χ1) is 7.28. The van der Waals surface area contributed by atoms with Crippen molar-refractivity contribution in [3.05, 3.63) is 35.3 Å². The molecule has 0 unspecified atom stereocenters. The molecular formula is C11H12N2OS. The lowest BCUT2D eigenvalue weighted by Crippen LogP contribution is -1.88. The number of nitrogens with one attached hydrogen (secondary N) is 1. The van der Waals surface area contributed by atoms with Gasteiger partial charge in [0.25, 0.3) is 5.19 Å². The van der Waals surface area contributed by atoms with Crippen molar-refractivity contribution in [3.8, 4) is 10.9 Å².